The molecule has 7 heteroatoms. The van der Waals surface area contributed by atoms with E-state index in [1.165, 1.54) is 11.3 Å². The number of nitrogens with one attached hydrogen (secondary N) is 1. The molecule has 0 aliphatic rings. The van der Waals surface area contributed by atoms with Crippen molar-refractivity contribution < 1.29 is 0 Å². The highest BCUT2D eigenvalue weighted by Gasteiger charge is 2.08. The second-order valence-corrected chi connectivity index (χ2v) is 6.26. The van der Waals surface area contributed by atoms with Gasteiger partial charge in [-0.2, -0.15) is 10.4 Å². The standard InChI is InChI=1S/C17H11ClN4OS/c1-10-14(8-19)16(23)22-21-15(10)7-6-13-9-24-17(20-13)11-2-4-12(18)5-3-11/h2-7,9H,1H3,(H,22,23)/b7-6+. The smallest absolute Gasteiger partial charge is 0.267 e. The summed E-state index contributed by atoms with van der Waals surface area (Å²) in [6.45, 7) is 1.70. The molecule has 0 unspecified atom stereocenters. The van der Waals surface area contributed by atoms with Gasteiger partial charge in [-0.25, -0.2) is 10.1 Å². The summed E-state index contributed by atoms with van der Waals surface area (Å²) >= 11 is 7.41. The summed E-state index contributed by atoms with van der Waals surface area (Å²) in [5, 5.41) is 18.8. The topological polar surface area (TPSA) is 82.4 Å². The molecule has 3 rings (SSSR count). The van der Waals surface area contributed by atoms with Gasteiger partial charge in [-0.3, -0.25) is 4.79 Å². The van der Waals surface area contributed by atoms with Gasteiger partial charge in [0.25, 0.3) is 5.56 Å². The predicted molar refractivity (Wildman–Crippen MR) is 95.8 cm³/mol. The fourth-order valence-corrected chi connectivity index (χ4v) is 3.02. The molecule has 1 N–H and O–H groups in total. The van der Waals surface area contributed by atoms with E-state index in [0.29, 0.717) is 16.3 Å². The highest BCUT2D eigenvalue weighted by Crippen LogP contribution is 2.25. The molecule has 0 radical (unpaired) electrons. The molecule has 0 amide bonds. The largest absolute Gasteiger partial charge is 0.282 e. The summed E-state index contributed by atoms with van der Waals surface area (Å²) in [4.78, 5) is 16.0. The van der Waals surface area contributed by atoms with Crippen LogP contribution in [0.5, 0.6) is 0 Å². The molecule has 0 spiro atoms. The van der Waals surface area contributed by atoms with Crippen molar-refractivity contribution in [3.8, 4) is 16.6 Å². The molecule has 0 bridgehead atoms. The van der Waals surface area contributed by atoms with Gasteiger partial charge in [0.1, 0.15) is 16.6 Å². The van der Waals surface area contributed by atoms with Crippen LogP contribution in [0.25, 0.3) is 22.7 Å². The Hall–Kier alpha value is -2.75. The van der Waals surface area contributed by atoms with Gasteiger partial charge in [0, 0.05) is 16.0 Å². The second-order valence-electron chi connectivity index (χ2n) is 4.97. The van der Waals surface area contributed by atoms with Gasteiger partial charge in [0.05, 0.1) is 11.4 Å². The quantitative estimate of drug-likeness (QED) is 0.773. The summed E-state index contributed by atoms with van der Waals surface area (Å²) in [7, 11) is 0. The minimum absolute atomic E-state index is 0.0739. The predicted octanol–water partition coefficient (Wildman–Crippen LogP) is 3.90. The molecule has 0 aliphatic carbocycles. The van der Waals surface area contributed by atoms with Crippen LogP contribution in [0.15, 0.2) is 34.4 Å². The van der Waals surface area contributed by atoms with E-state index < -0.39 is 5.56 Å². The number of aromatic nitrogens is 3. The number of H-pyrrole nitrogens is 1. The van der Waals surface area contributed by atoms with Crippen LogP contribution in [0.2, 0.25) is 5.02 Å². The Bertz CT molecular complexity index is 1010. The third kappa shape index (κ3) is 3.27. The summed E-state index contributed by atoms with van der Waals surface area (Å²) in [5.41, 5.74) is 2.44. The number of benzene rings is 1. The van der Waals surface area contributed by atoms with E-state index in [1.807, 2.05) is 35.7 Å². The Kier molecular flexibility index (Phi) is 4.56. The van der Waals surface area contributed by atoms with Crippen LogP contribution in [0.4, 0.5) is 0 Å². The van der Waals surface area contributed by atoms with Crippen LogP contribution >= 0.6 is 22.9 Å². The molecule has 2 aromatic heterocycles. The van der Waals surface area contributed by atoms with Crippen LogP contribution in [0.1, 0.15) is 22.5 Å². The van der Waals surface area contributed by atoms with Crippen molar-refractivity contribution in [2.24, 2.45) is 0 Å². The normalized spacial score (nSPS) is 10.9. The van der Waals surface area contributed by atoms with Crippen molar-refractivity contribution >= 4 is 35.1 Å². The van der Waals surface area contributed by atoms with Crippen LogP contribution in [-0.4, -0.2) is 15.2 Å². The van der Waals surface area contributed by atoms with Gasteiger partial charge in [0.15, 0.2) is 0 Å². The van der Waals surface area contributed by atoms with Crippen molar-refractivity contribution in [1.82, 2.24) is 15.2 Å². The van der Waals surface area contributed by atoms with Crippen LogP contribution in [0, 0.1) is 18.3 Å². The van der Waals surface area contributed by atoms with Crippen molar-refractivity contribution in [3.05, 3.63) is 67.5 Å². The molecule has 1 aromatic carbocycles. The Morgan fingerprint density at radius 2 is 2.04 bits per heavy atom. The summed E-state index contributed by atoms with van der Waals surface area (Å²) in [6, 6.07) is 9.38. The number of halogens is 1. The molecule has 0 atom stereocenters. The van der Waals surface area contributed by atoms with Gasteiger partial charge in [-0.1, -0.05) is 23.7 Å². The summed E-state index contributed by atoms with van der Waals surface area (Å²) in [6.07, 6.45) is 3.53. The average Bonchev–Trinajstić information content (AvgIpc) is 3.04. The van der Waals surface area contributed by atoms with Gasteiger partial charge in [-0.15, -0.1) is 11.3 Å². The van der Waals surface area contributed by atoms with E-state index >= 15 is 0 Å². The molecule has 2 heterocycles. The lowest BCUT2D eigenvalue weighted by Gasteiger charge is -1.99. The second kappa shape index (κ2) is 6.79. The molecule has 118 valence electrons. The van der Waals surface area contributed by atoms with Gasteiger partial charge < -0.3 is 0 Å². The van der Waals surface area contributed by atoms with E-state index in [4.69, 9.17) is 16.9 Å². The van der Waals surface area contributed by atoms with E-state index in [0.717, 1.165) is 16.3 Å². The molecule has 5 nitrogen and oxygen atoms in total. The first-order valence-corrected chi connectivity index (χ1v) is 8.23. The number of nitrogens with zero attached hydrogens (tertiary/aromatic N) is 3. The van der Waals surface area contributed by atoms with Crippen molar-refractivity contribution in [2.75, 3.05) is 0 Å². The Balaban J connectivity index is 1.88. The summed E-state index contributed by atoms with van der Waals surface area (Å²) in [5.74, 6) is 0. The van der Waals surface area contributed by atoms with Crippen LogP contribution < -0.4 is 5.56 Å². The maximum Gasteiger partial charge on any atom is 0.282 e. The molecular weight excluding hydrogens is 344 g/mol. The lowest BCUT2D eigenvalue weighted by molar-refractivity contribution is 0.952. The van der Waals surface area contributed by atoms with E-state index in [1.54, 1.807) is 19.1 Å². The van der Waals surface area contributed by atoms with E-state index in [-0.39, 0.29) is 5.56 Å². The fourth-order valence-electron chi connectivity index (χ4n) is 2.10. The van der Waals surface area contributed by atoms with Crippen molar-refractivity contribution in [3.63, 3.8) is 0 Å². The monoisotopic (exact) mass is 354 g/mol. The number of aromatic amines is 1. The van der Waals surface area contributed by atoms with E-state index in [9.17, 15) is 4.79 Å². The molecule has 0 fully saturated rings. The minimum Gasteiger partial charge on any atom is -0.267 e. The van der Waals surface area contributed by atoms with Gasteiger partial charge in [-0.05, 0) is 36.8 Å². The maximum atomic E-state index is 11.5. The average molecular weight is 355 g/mol. The van der Waals surface area contributed by atoms with E-state index in [2.05, 4.69) is 15.2 Å². The lowest BCUT2D eigenvalue weighted by Crippen LogP contribution is -2.15. The zero-order chi connectivity index (χ0) is 17.1. The van der Waals surface area contributed by atoms with Gasteiger partial charge in [0.2, 0.25) is 0 Å². The minimum atomic E-state index is -0.481. The number of hydrogen-bond acceptors (Lipinski definition) is 5. The number of rotatable bonds is 3. The van der Waals surface area contributed by atoms with Crippen LogP contribution in [0.3, 0.4) is 0 Å². The molecule has 3 aromatic rings. The molecular formula is C17H11ClN4OS. The third-order valence-corrected chi connectivity index (χ3v) is 4.56. The molecule has 0 saturated heterocycles. The van der Waals surface area contributed by atoms with Crippen LogP contribution in [-0.2, 0) is 0 Å². The zero-order valence-corrected chi connectivity index (χ0v) is 14.1. The Morgan fingerprint density at radius 1 is 1.29 bits per heavy atom. The maximum absolute atomic E-state index is 11.5. The summed E-state index contributed by atoms with van der Waals surface area (Å²) < 4.78 is 0. The van der Waals surface area contributed by atoms with Gasteiger partial charge >= 0.3 is 0 Å². The van der Waals surface area contributed by atoms with Crippen molar-refractivity contribution in [2.45, 2.75) is 6.92 Å². The molecule has 0 saturated carbocycles. The molecule has 24 heavy (non-hydrogen) atoms. The SMILES string of the molecule is Cc1c(/C=C/c2csc(-c3ccc(Cl)cc3)n2)n[nH]c(=O)c1C#N. The first-order valence-electron chi connectivity index (χ1n) is 6.97. The zero-order valence-electron chi connectivity index (χ0n) is 12.6. The highest BCUT2D eigenvalue weighted by molar-refractivity contribution is 7.13. The highest BCUT2D eigenvalue weighted by atomic mass is 35.5. The number of nitriles is 1. The molecule has 0 aliphatic heterocycles. The first-order chi connectivity index (χ1) is 11.6. The number of thiazole rings is 1. The lowest BCUT2D eigenvalue weighted by atomic mass is 10.1. The number of hydrogen-bond donors (Lipinski definition) is 1. The fraction of sp³-hybridized carbons (Fsp3) is 0.0588. The third-order valence-electron chi connectivity index (χ3n) is 3.40. The Labute approximate surface area is 146 Å². The first kappa shape index (κ1) is 16.1. The van der Waals surface area contributed by atoms with Crippen molar-refractivity contribution in [1.29, 1.82) is 5.26 Å². The Morgan fingerprint density at radius 3 is 2.75 bits per heavy atom.